The smallest absolute Gasteiger partial charge is 0.253 e. The Kier molecular flexibility index (Phi) is 7.48. The van der Waals surface area contributed by atoms with Crippen molar-refractivity contribution < 1.29 is 22.3 Å². The van der Waals surface area contributed by atoms with Gasteiger partial charge in [0.1, 0.15) is 22.4 Å². The molecule has 0 radical (unpaired) electrons. The molecule has 2 heterocycles. The molecule has 3 aromatic rings. The Labute approximate surface area is 201 Å². The Morgan fingerprint density at radius 1 is 1.12 bits per heavy atom. The number of hydrogen-bond donors (Lipinski definition) is 0. The summed E-state index contributed by atoms with van der Waals surface area (Å²) in [7, 11) is -3.74. The molecule has 0 aliphatic carbocycles. The van der Waals surface area contributed by atoms with Crippen molar-refractivity contribution in [3.63, 3.8) is 0 Å². The van der Waals surface area contributed by atoms with Crippen LogP contribution in [0.4, 0.5) is 4.39 Å². The van der Waals surface area contributed by atoms with Crippen LogP contribution in [-0.4, -0.2) is 31.1 Å². The maximum absolute atomic E-state index is 13.3. The topological polar surface area (TPSA) is 63.7 Å². The number of ketones is 1. The van der Waals surface area contributed by atoms with Crippen LogP contribution in [0, 0.1) is 5.82 Å². The minimum Gasteiger partial charge on any atom is -0.489 e. The first kappa shape index (κ1) is 23.9. The highest BCUT2D eigenvalue weighted by atomic mass is 35.5. The molecule has 9 heteroatoms. The Balaban J connectivity index is 1.36. The summed E-state index contributed by atoms with van der Waals surface area (Å²) in [5, 5.41) is 0. The molecule has 0 spiro atoms. The standard InChI is InChI=1S/C24H23ClFNO4S2/c25-23-11-12-24(32-23)33(29,30)27-13-3-8-21(27)22(28)10-9-17-4-2-7-20(15-17)31-16-18-5-1-6-19(26)14-18/h1-2,4-7,11-12,14-15,21H,3,8-10,13,16H2/t21-/m0/s1. The molecule has 1 saturated heterocycles. The van der Waals surface area contributed by atoms with Gasteiger partial charge in [0, 0.05) is 13.0 Å². The largest absolute Gasteiger partial charge is 0.489 e. The van der Waals surface area contributed by atoms with Gasteiger partial charge in [-0.3, -0.25) is 4.79 Å². The fourth-order valence-electron chi connectivity index (χ4n) is 3.92. The van der Waals surface area contributed by atoms with Crippen LogP contribution in [0.15, 0.2) is 64.9 Å². The molecule has 0 amide bonds. The number of thiophene rings is 1. The van der Waals surface area contributed by atoms with Crippen molar-refractivity contribution in [1.82, 2.24) is 4.31 Å². The number of carbonyl (C=O) groups excluding carboxylic acids is 1. The Hall–Kier alpha value is -2.26. The number of aryl methyl sites for hydroxylation is 1. The first-order chi connectivity index (χ1) is 15.8. The van der Waals surface area contributed by atoms with Crippen LogP contribution in [0.2, 0.25) is 4.34 Å². The lowest BCUT2D eigenvalue weighted by Crippen LogP contribution is -2.40. The van der Waals surface area contributed by atoms with Crippen LogP contribution >= 0.6 is 22.9 Å². The van der Waals surface area contributed by atoms with Crippen LogP contribution < -0.4 is 4.74 Å². The van der Waals surface area contributed by atoms with Crippen molar-refractivity contribution in [2.24, 2.45) is 0 Å². The van der Waals surface area contributed by atoms with Crippen LogP contribution in [0.5, 0.6) is 5.75 Å². The van der Waals surface area contributed by atoms with Gasteiger partial charge in [-0.25, -0.2) is 12.8 Å². The quantitative estimate of drug-likeness (QED) is 0.385. The summed E-state index contributed by atoms with van der Waals surface area (Å²) in [5.74, 6) is 0.224. The van der Waals surface area contributed by atoms with Gasteiger partial charge in [-0.2, -0.15) is 4.31 Å². The highest BCUT2D eigenvalue weighted by molar-refractivity contribution is 7.91. The first-order valence-electron chi connectivity index (χ1n) is 10.6. The van der Waals surface area contributed by atoms with Crippen molar-refractivity contribution in [3.05, 3.63) is 81.9 Å². The van der Waals surface area contributed by atoms with E-state index in [1.54, 1.807) is 18.2 Å². The molecule has 4 rings (SSSR count). The third kappa shape index (κ3) is 5.81. The van der Waals surface area contributed by atoms with Gasteiger partial charge in [0.25, 0.3) is 10.0 Å². The van der Waals surface area contributed by atoms with Crippen molar-refractivity contribution >= 4 is 38.7 Å². The maximum Gasteiger partial charge on any atom is 0.253 e. The number of benzene rings is 2. The third-order valence-corrected chi connectivity index (χ3v) is 9.15. The number of nitrogens with zero attached hydrogens (tertiary/aromatic N) is 1. The van der Waals surface area contributed by atoms with Crippen molar-refractivity contribution in [2.75, 3.05) is 6.54 Å². The van der Waals surface area contributed by atoms with E-state index in [-0.39, 0.29) is 28.8 Å². The highest BCUT2D eigenvalue weighted by Crippen LogP contribution is 2.33. The molecule has 1 aliphatic rings. The third-order valence-electron chi connectivity index (χ3n) is 5.54. The Bertz CT molecular complexity index is 1240. The number of sulfonamides is 1. The average Bonchev–Trinajstić information content (AvgIpc) is 3.47. The number of rotatable bonds is 9. The van der Waals surface area contributed by atoms with Gasteiger partial charge in [0.05, 0.1) is 10.4 Å². The predicted molar refractivity (Wildman–Crippen MR) is 127 cm³/mol. The molecule has 0 bridgehead atoms. The van der Waals surface area contributed by atoms with Crippen LogP contribution in [0.1, 0.15) is 30.4 Å². The van der Waals surface area contributed by atoms with Gasteiger partial charge >= 0.3 is 0 Å². The summed E-state index contributed by atoms with van der Waals surface area (Å²) in [6.45, 7) is 0.569. The van der Waals surface area contributed by atoms with E-state index in [9.17, 15) is 17.6 Å². The zero-order valence-electron chi connectivity index (χ0n) is 17.7. The molecule has 2 aromatic carbocycles. The summed E-state index contributed by atoms with van der Waals surface area (Å²) in [5.41, 5.74) is 1.64. The van der Waals surface area contributed by atoms with Crippen LogP contribution in [0.3, 0.4) is 0 Å². The van der Waals surface area contributed by atoms with E-state index in [2.05, 4.69) is 0 Å². The molecular weight excluding hydrogens is 485 g/mol. The van der Waals surface area contributed by atoms with Crippen LogP contribution in [0.25, 0.3) is 0 Å². The molecule has 1 aliphatic heterocycles. The normalized spacial score (nSPS) is 16.7. The molecule has 33 heavy (non-hydrogen) atoms. The van der Waals surface area contributed by atoms with E-state index in [1.807, 2.05) is 24.3 Å². The van der Waals surface area contributed by atoms with Crippen molar-refractivity contribution in [1.29, 1.82) is 0 Å². The minimum absolute atomic E-state index is 0.0928. The van der Waals surface area contributed by atoms with E-state index in [0.29, 0.717) is 35.9 Å². The van der Waals surface area contributed by atoms with E-state index >= 15 is 0 Å². The second-order valence-electron chi connectivity index (χ2n) is 7.86. The summed E-state index contributed by atoms with van der Waals surface area (Å²) < 4.78 is 46.9. The van der Waals surface area contributed by atoms with Gasteiger partial charge < -0.3 is 4.74 Å². The summed E-state index contributed by atoms with van der Waals surface area (Å²) >= 11 is 6.91. The fourth-order valence-corrected chi connectivity index (χ4v) is 7.21. The molecule has 0 unspecified atom stereocenters. The SMILES string of the molecule is O=C(CCc1cccc(OCc2cccc(F)c2)c1)[C@@H]1CCCN1S(=O)(=O)c1ccc(Cl)s1. The number of carbonyl (C=O) groups is 1. The molecular formula is C24H23ClFNO4S2. The second kappa shape index (κ2) is 10.3. The van der Waals surface area contributed by atoms with Gasteiger partial charge in [-0.15, -0.1) is 11.3 Å². The minimum atomic E-state index is -3.74. The number of ether oxygens (including phenoxy) is 1. The summed E-state index contributed by atoms with van der Waals surface area (Å²) in [4.78, 5) is 12.9. The Morgan fingerprint density at radius 3 is 2.67 bits per heavy atom. The van der Waals surface area contributed by atoms with Crippen molar-refractivity contribution in [2.45, 2.75) is 42.5 Å². The molecule has 1 aromatic heterocycles. The van der Waals surface area contributed by atoms with E-state index in [1.165, 1.54) is 22.5 Å². The van der Waals surface area contributed by atoms with E-state index in [4.69, 9.17) is 16.3 Å². The number of hydrogen-bond acceptors (Lipinski definition) is 5. The zero-order chi connectivity index (χ0) is 23.4. The lowest BCUT2D eigenvalue weighted by molar-refractivity contribution is -0.122. The zero-order valence-corrected chi connectivity index (χ0v) is 20.1. The van der Waals surface area contributed by atoms with Gasteiger partial charge in [-0.05, 0) is 66.8 Å². The van der Waals surface area contributed by atoms with Gasteiger partial charge in [0.15, 0.2) is 5.78 Å². The van der Waals surface area contributed by atoms with Crippen molar-refractivity contribution in [3.8, 4) is 5.75 Å². The molecule has 0 saturated carbocycles. The maximum atomic E-state index is 13.3. The lowest BCUT2D eigenvalue weighted by Gasteiger charge is -2.22. The predicted octanol–water partition coefficient (Wildman–Crippen LogP) is 5.47. The van der Waals surface area contributed by atoms with E-state index < -0.39 is 16.1 Å². The highest BCUT2D eigenvalue weighted by Gasteiger charge is 2.39. The van der Waals surface area contributed by atoms with Crippen LogP contribution in [-0.2, 0) is 27.8 Å². The molecule has 5 nitrogen and oxygen atoms in total. The Morgan fingerprint density at radius 2 is 1.91 bits per heavy atom. The van der Waals surface area contributed by atoms with E-state index in [0.717, 1.165) is 22.5 Å². The first-order valence-corrected chi connectivity index (χ1v) is 13.2. The average molecular weight is 508 g/mol. The second-order valence-corrected chi connectivity index (χ2v) is 11.7. The molecule has 1 atom stereocenters. The van der Waals surface area contributed by atoms with Gasteiger partial charge in [0.2, 0.25) is 0 Å². The summed E-state index contributed by atoms with van der Waals surface area (Å²) in [6.07, 6.45) is 1.88. The number of Topliss-reactive ketones (excluding diaryl/α,β-unsaturated/α-hetero) is 1. The van der Waals surface area contributed by atoms with Gasteiger partial charge in [-0.1, -0.05) is 35.9 Å². The monoisotopic (exact) mass is 507 g/mol. The summed E-state index contributed by atoms with van der Waals surface area (Å²) in [6, 6.07) is 16.0. The fraction of sp³-hybridized carbons (Fsp3) is 0.292. The lowest BCUT2D eigenvalue weighted by atomic mass is 10.0. The number of halogens is 2. The molecule has 174 valence electrons. The molecule has 1 fully saturated rings. The molecule has 0 N–H and O–H groups in total.